The normalized spacial score (nSPS) is 16.5. The number of carbonyl (C=O) groups excluding carboxylic acids is 1. The molecule has 146 valence electrons. The summed E-state index contributed by atoms with van der Waals surface area (Å²) in [6.45, 7) is 1.80. The van der Waals surface area contributed by atoms with Crippen LogP contribution < -0.4 is 10.9 Å². The lowest BCUT2D eigenvalue weighted by molar-refractivity contribution is -0.119. The van der Waals surface area contributed by atoms with Crippen molar-refractivity contribution in [2.24, 2.45) is 0 Å². The summed E-state index contributed by atoms with van der Waals surface area (Å²) >= 11 is 1.20. The smallest absolute Gasteiger partial charge is 0.262 e. The molecule has 2 N–H and O–H groups in total. The third-order valence-electron chi connectivity index (χ3n) is 4.55. The molecular formula is C19H21N5O3S. The van der Waals surface area contributed by atoms with Gasteiger partial charge in [0.1, 0.15) is 5.39 Å². The molecule has 8 nitrogen and oxygen atoms in total. The number of benzene rings is 1. The highest BCUT2D eigenvalue weighted by Crippen LogP contribution is 2.16. The van der Waals surface area contributed by atoms with Crippen molar-refractivity contribution < 1.29 is 9.53 Å². The first-order valence-electron chi connectivity index (χ1n) is 9.20. The Bertz CT molecular complexity index is 1010. The molecule has 1 aliphatic heterocycles. The molecule has 2 aromatic heterocycles. The van der Waals surface area contributed by atoms with Gasteiger partial charge in [0, 0.05) is 13.2 Å². The number of hydrogen-bond donors (Lipinski definition) is 2. The van der Waals surface area contributed by atoms with E-state index < -0.39 is 0 Å². The van der Waals surface area contributed by atoms with Crippen LogP contribution in [0.1, 0.15) is 18.4 Å². The standard InChI is InChI=1S/C19H21N5O3S/c25-16(20-9-14-7-4-8-27-14)12-28-19-22-17-15(18(26)23-19)10-21-24(17)11-13-5-2-1-3-6-13/h1-3,5-6,10,14H,4,7-9,11-12H2,(H,20,25)(H,22,23,26). The molecule has 9 heteroatoms. The maximum absolute atomic E-state index is 12.3. The summed E-state index contributed by atoms with van der Waals surface area (Å²) in [5.74, 6) is 0.0644. The van der Waals surface area contributed by atoms with Crippen molar-refractivity contribution >= 4 is 28.7 Å². The summed E-state index contributed by atoms with van der Waals surface area (Å²) in [5, 5.41) is 7.99. The number of hydrogen-bond acceptors (Lipinski definition) is 6. The van der Waals surface area contributed by atoms with Crippen LogP contribution in [0.4, 0.5) is 0 Å². The number of aromatic amines is 1. The van der Waals surface area contributed by atoms with E-state index in [1.807, 2.05) is 30.3 Å². The van der Waals surface area contributed by atoms with Gasteiger partial charge in [-0.05, 0) is 18.4 Å². The second-order valence-electron chi connectivity index (χ2n) is 6.62. The van der Waals surface area contributed by atoms with E-state index in [4.69, 9.17) is 4.74 Å². The molecule has 0 radical (unpaired) electrons. The number of nitrogens with zero attached hydrogens (tertiary/aromatic N) is 3. The lowest BCUT2D eigenvalue weighted by atomic mass is 10.2. The number of fused-ring (bicyclic) bond motifs is 1. The molecule has 0 spiro atoms. The molecular weight excluding hydrogens is 378 g/mol. The molecule has 1 atom stereocenters. The molecule has 3 heterocycles. The SMILES string of the molecule is O=C(CSc1nc2c(cnn2Cc2ccccc2)c(=O)[nH]1)NCC1CCCO1. The summed E-state index contributed by atoms with van der Waals surface area (Å²) in [6.07, 6.45) is 3.64. The van der Waals surface area contributed by atoms with Crippen molar-refractivity contribution in [1.82, 2.24) is 25.1 Å². The molecule has 1 unspecified atom stereocenters. The number of rotatable bonds is 7. The summed E-state index contributed by atoms with van der Waals surface area (Å²) in [5.41, 5.74) is 1.32. The van der Waals surface area contributed by atoms with Crippen LogP contribution in [-0.4, -0.2) is 50.7 Å². The van der Waals surface area contributed by atoms with Crippen LogP contribution in [-0.2, 0) is 16.1 Å². The highest BCUT2D eigenvalue weighted by Gasteiger charge is 2.17. The van der Waals surface area contributed by atoms with Gasteiger partial charge in [0.15, 0.2) is 10.8 Å². The van der Waals surface area contributed by atoms with Gasteiger partial charge in [-0.25, -0.2) is 9.67 Å². The van der Waals surface area contributed by atoms with Crippen molar-refractivity contribution in [3.63, 3.8) is 0 Å². The Labute approximate surface area is 165 Å². The Balaban J connectivity index is 1.43. The second kappa shape index (κ2) is 8.57. The minimum atomic E-state index is -0.258. The first kappa shape index (κ1) is 18.7. The zero-order valence-corrected chi connectivity index (χ0v) is 16.1. The average molecular weight is 399 g/mol. The maximum Gasteiger partial charge on any atom is 0.262 e. The zero-order valence-electron chi connectivity index (χ0n) is 15.3. The Kier molecular flexibility index (Phi) is 5.73. The molecule has 3 aromatic rings. The van der Waals surface area contributed by atoms with Crippen LogP contribution in [0.15, 0.2) is 46.5 Å². The fourth-order valence-electron chi connectivity index (χ4n) is 3.10. The van der Waals surface area contributed by atoms with Crippen molar-refractivity contribution in [1.29, 1.82) is 0 Å². The van der Waals surface area contributed by atoms with E-state index in [2.05, 4.69) is 20.4 Å². The van der Waals surface area contributed by atoms with Crippen LogP contribution in [0, 0.1) is 0 Å². The van der Waals surface area contributed by atoms with Gasteiger partial charge in [-0.3, -0.25) is 9.59 Å². The predicted molar refractivity (Wildman–Crippen MR) is 106 cm³/mol. The number of thioether (sulfide) groups is 1. The number of H-pyrrole nitrogens is 1. The fraction of sp³-hybridized carbons (Fsp3) is 0.368. The lowest BCUT2D eigenvalue weighted by Gasteiger charge is -2.10. The predicted octanol–water partition coefficient (Wildman–Crippen LogP) is 1.56. The van der Waals surface area contributed by atoms with E-state index in [9.17, 15) is 9.59 Å². The topological polar surface area (TPSA) is 102 Å². The summed E-state index contributed by atoms with van der Waals surface area (Å²) in [6, 6.07) is 9.85. The maximum atomic E-state index is 12.3. The first-order chi connectivity index (χ1) is 13.7. The van der Waals surface area contributed by atoms with E-state index in [1.165, 1.54) is 18.0 Å². The molecule has 1 aromatic carbocycles. The monoisotopic (exact) mass is 399 g/mol. The van der Waals surface area contributed by atoms with Crippen molar-refractivity contribution in [3.8, 4) is 0 Å². The Morgan fingerprint density at radius 1 is 1.36 bits per heavy atom. The van der Waals surface area contributed by atoms with Gasteiger partial charge in [-0.15, -0.1) is 0 Å². The lowest BCUT2D eigenvalue weighted by Crippen LogP contribution is -2.33. The average Bonchev–Trinajstić information content (AvgIpc) is 3.36. The molecule has 1 aliphatic rings. The minimum Gasteiger partial charge on any atom is -0.376 e. The third-order valence-corrected chi connectivity index (χ3v) is 5.42. The van der Waals surface area contributed by atoms with Gasteiger partial charge < -0.3 is 15.0 Å². The number of amides is 1. The Morgan fingerprint density at radius 3 is 3.00 bits per heavy atom. The number of carbonyl (C=O) groups is 1. The van der Waals surface area contributed by atoms with E-state index in [1.54, 1.807) is 4.68 Å². The number of aromatic nitrogens is 4. The molecule has 0 saturated carbocycles. The molecule has 28 heavy (non-hydrogen) atoms. The van der Waals surface area contributed by atoms with Crippen LogP contribution in [0.3, 0.4) is 0 Å². The van der Waals surface area contributed by atoms with Crippen molar-refractivity contribution in [2.45, 2.75) is 30.6 Å². The second-order valence-corrected chi connectivity index (χ2v) is 7.59. The zero-order chi connectivity index (χ0) is 19.3. The van der Waals surface area contributed by atoms with Gasteiger partial charge in [0.05, 0.1) is 24.6 Å². The Hall–Kier alpha value is -2.65. The van der Waals surface area contributed by atoms with Crippen LogP contribution in [0.2, 0.25) is 0 Å². The quantitative estimate of drug-likeness (QED) is 0.462. The van der Waals surface area contributed by atoms with Gasteiger partial charge in [0.25, 0.3) is 5.56 Å². The van der Waals surface area contributed by atoms with Gasteiger partial charge in [0.2, 0.25) is 5.91 Å². The third kappa shape index (κ3) is 4.42. The van der Waals surface area contributed by atoms with E-state index in [0.717, 1.165) is 25.0 Å². The van der Waals surface area contributed by atoms with E-state index in [0.29, 0.717) is 29.3 Å². The number of nitrogens with one attached hydrogen (secondary N) is 2. The van der Waals surface area contributed by atoms with E-state index in [-0.39, 0.29) is 23.3 Å². The minimum absolute atomic E-state index is 0.107. The van der Waals surface area contributed by atoms with E-state index >= 15 is 0 Å². The summed E-state index contributed by atoms with van der Waals surface area (Å²) in [4.78, 5) is 31.6. The van der Waals surface area contributed by atoms with Crippen molar-refractivity contribution in [2.75, 3.05) is 18.9 Å². The highest BCUT2D eigenvalue weighted by atomic mass is 32.2. The van der Waals surface area contributed by atoms with Gasteiger partial charge >= 0.3 is 0 Å². The summed E-state index contributed by atoms with van der Waals surface area (Å²) < 4.78 is 7.19. The molecule has 0 aliphatic carbocycles. The molecule has 1 amide bonds. The molecule has 4 rings (SSSR count). The van der Waals surface area contributed by atoms with Crippen molar-refractivity contribution in [3.05, 3.63) is 52.4 Å². The highest BCUT2D eigenvalue weighted by molar-refractivity contribution is 7.99. The largest absolute Gasteiger partial charge is 0.376 e. The Morgan fingerprint density at radius 2 is 2.21 bits per heavy atom. The van der Waals surface area contributed by atoms with Crippen LogP contribution in [0.25, 0.3) is 11.0 Å². The molecule has 0 bridgehead atoms. The van der Waals surface area contributed by atoms with Gasteiger partial charge in [-0.1, -0.05) is 42.1 Å². The van der Waals surface area contributed by atoms with Gasteiger partial charge in [-0.2, -0.15) is 5.10 Å². The first-order valence-corrected chi connectivity index (χ1v) is 10.2. The molecule has 1 fully saturated rings. The fourth-order valence-corrected chi connectivity index (χ4v) is 3.79. The summed E-state index contributed by atoms with van der Waals surface area (Å²) in [7, 11) is 0. The number of ether oxygens (including phenoxy) is 1. The molecule has 1 saturated heterocycles. The van der Waals surface area contributed by atoms with Crippen LogP contribution >= 0.6 is 11.8 Å². The van der Waals surface area contributed by atoms with Crippen LogP contribution in [0.5, 0.6) is 0 Å².